The van der Waals surface area contributed by atoms with Crippen molar-refractivity contribution in [3.05, 3.63) is 71.1 Å². The zero-order chi connectivity index (χ0) is 31.4. The first kappa shape index (κ1) is 29.8. The van der Waals surface area contributed by atoms with E-state index in [1.165, 1.54) is 19.4 Å². The summed E-state index contributed by atoms with van der Waals surface area (Å²) >= 11 is 0. The maximum atomic E-state index is 13.6. The molecule has 0 N–H and O–H groups in total. The van der Waals surface area contributed by atoms with E-state index in [0.29, 0.717) is 49.5 Å². The molecule has 44 heavy (non-hydrogen) atoms. The summed E-state index contributed by atoms with van der Waals surface area (Å²) in [6, 6.07) is 5.63. The Hall–Kier alpha value is -4.22. The number of aromatic nitrogens is 5. The third kappa shape index (κ3) is 5.69. The molecule has 1 aliphatic carbocycles. The summed E-state index contributed by atoms with van der Waals surface area (Å²) in [6.07, 6.45) is 4.57. The lowest BCUT2D eigenvalue weighted by Gasteiger charge is -2.36. The van der Waals surface area contributed by atoms with Gasteiger partial charge in [-0.25, -0.2) is 4.98 Å². The summed E-state index contributed by atoms with van der Waals surface area (Å²) in [5.41, 5.74) is 2.83. The van der Waals surface area contributed by atoms with Gasteiger partial charge in [-0.05, 0) is 48.8 Å². The molecule has 4 aromatic rings. The molecule has 4 heterocycles. The molecular formula is C32H36F3N7O2. The van der Waals surface area contributed by atoms with Crippen molar-refractivity contribution in [2.24, 2.45) is 18.4 Å². The molecule has 1 saturated carbocycles. The minimum Gasteiger partial charge on any atom is -0.339 e. The topological polar surface area (TPSA) is 88.6 Å². The predicted molar refractivity (Wildman–Crippen MR) is 158 cm³/mol. The number of carbonyl (C=O) groups is 2. The van der Waals surface area contributed by atoms with Gasteiger partial charge in [0.2, 0.25) is 5.91 Å². The fourth-order valence-electron chi connectivity index (χ4n) is 6.66. The van der Waals surface area contributed by atoms with Crippen molar-refractivity contribution in [1.82, 2.24) is 33.9 Å². The third-order valence-electron chi connectivity index (χ3n) is 8.96. The lowest BCUT2D eigenvalue weighted by molar-refractivity contribution is -0.141. The predicted octanol–water partition coefficient (Wildman–Crippen LogP) is 5.16. The Balaban J connectivity index is 1.15. The highest BCUT2D eigenvalue weighted by Gasteiger charge is 2.39. The average Bonchev–Trinajstić information content (AvgIpc) is 3.68. The minimum absolute atomic E-state index is 0.0572. The molecule has 3 aromatic heterocycles. The van der Waals surface area contributed by atoms with Crippen molar-refractivity contribution in [3.63, 3.8) is 0 Å². The van der Waals surface area contributed by atoms with Gasteiger partial charge in [0, 0.05) is 69.7 Å². The van der Waals surface area contributed by atoms with Crippen LogP contribution in [0.5, 0.6) is 0 Å². The maximum absolute atomic E-state index is 13.6. The summed E-state index contributed by atoms with van der Waals surface area (Å²) in [5, 5.41) is 3.62. The lowest BCUT2D eigenvalue weighted by atomic mass is 9.90. The Morgan fingerprint density at radius 2 is 1.80 bits per heavy atom. The second kappa shape index (κ2) is 11.0. The Morgan fingerprint density at radius 3 is 2.45 bits per heavy atom. The Kier molecular flexibility index (Phi) is 7.49. The first-order valence-electron chi connectivity index (χ1n) is 14.9. The summed E-state index contributed by atoms with van der Waals surface area (Å²) in [5.74, 6) is 0.250. The quantitative estimate of drug-likeness (QED) is 0.313. The van der Waals surface area contributed by atoms with Crippen LogP contribution in [-0.2, 0) is 24.4 Å². The number of alkyl halides is 3. The molecule has 12 heteroatoms. The second-order valence-electron chi connectivity index (χ2n) is 12.8. The van der Waals surface area contributed by atoms with Gasteiger partial charge in [0.05, 0.1) is 23.1 Å². The van der Waals surface area contributed by atoms with Gasteiger partial charge < -0.3 is 9.80 Å². The van der Waals surface area contributed by atoms with E-state index < -0.39 is 11.9 Å². The van der Waals surface area contributed by atoms with Crippen LogP contribution in [0.3, 0.4) is 0 Å². The van der Waals surface area contributed by atoms with Crippen LogP contribution >= 0.6 is 0 Å². The lowest BCUT2D eigenvalue weighted by Crippen LogP contribution is -2.51. The number of aryl methyl sites for hydroxylation is 2. The van der Waals surface area contributed by atoms with Crippen molar-refractivity contribution < 1.29 is 22.8 Å². The number of halogens is 3. The number of benzene rings is 1. The number of hydrogen-bond donors (Lipinski definition) is 0. The number of piperazine rings is 1. The van der Waals surface area contributed by atoms with Gasteiger partial charge in [0.25, 0.3) is 5.91 Å². The summed E-state index contributed by atoms with van der Waals surface area (Å²) in [7, 11) is 1.45. The number of amides is 2. The number of hydrogen-bond acceptors (Lipinski definition) is 5. The third-order valence-corrected chi connectivity index (χ3v) is 8.96. The van der Waals surface area contributed by atoms with Gasteiger partial charge in [0.15, 0.2) is 11.3 Å². The van der Waals surface area contributed by atoms with Crippen molar-refractivity contribution in [2.45, 2.75) is 52.6 Å². The monoisotopic (exact) mass is 607 g/mol. The van der Waals surface area contributed by atoms with Gasteiger partial charge >= 0.3 is 6.18 Å². The van der Waals surface area contributed by atoms with Crippen LogP contribution in [0, 0.1) is 18.3 Å². The second-order valence-corrected chi connectivity index (χ2v) is 12.8. The molecule has 0 radical (unpaired) electrons. The van der Waals surface area contributed by atoms with Crippen LogP contribution in [-0.4, -0.2) is 71.9 Å². The Bertz CT molecular complexity index is 1730. The van der Waals surface area contributed by atoms with Crippen LogP contribution in [0.1, 0.15) is 66.0 Å². The molecule has 2 amide bonds. The molecule has 0 bridgehead atoms. The van der Waals surface area contributed by atoms with E-state index in [4.69, 9.17) is 0 Å². The van der Waals surface area contributed by atoms with Gasteiger partial charge in [-0.15, -0.1) is 0 Å². The molecule has 1 aliphatic heterocycles. The zero-order valence-corrected chi connectivity index (χ0v) is 25.4. The Morgan fingerprint density at radius 1 is 1.07 bits per heavy atom. The molecule has 6 rings (SSSR count). The number of carbonyl (C=O) groups excluding carboxylic acids is 2. The summed E-state index contributed by atoms with van der Waals surface area (Å²) < 4.78 is 43.6. The van der Waals surface area contributed by atoms with E-state index in [2.05, 4.69) is 28.9 Å². The molecule has 1 atom stereocenters. The number of fused-ring (bicyclic) bond motifs is 1. The van der Waals surface area contributed by atoms with Gasteiger partial charge in [0.1, 0.15) is 0 Å². The molecule has 1 saturated heterocycles. The van der Waals surface area contributed by atoms with Crippen molar-refractivity contribution >= 4 is 17.5 Å². The highest BCUT2D eigenvalue weighted by molar-refractivity contribution is 5.96. The normalized spacial score (nSPS) is 18.8. The molecule has 0 unspecified atom stereocenters. The van der Waals surface area contributed by atoms with E-state index >= 15 is 0 Å². The largest absolute Gasteiger partial charge is 0.435 e. The highest BCUT2D eigenvalue weighted by atomic mass is 19.4. The molecule has 2 fully saturated rings. The molecule has 9 nitrogen and oxygen atoms in total. The first-order chi connectivity index (χ1) is 20.8. The van der Waals surface area contributed by atoms with E-state index in [1.54, 1.807) is 16.8 Å². The average molecular weight is 608 g/mol. The number of imidazole rings is 1. The van der Waals surface area contributed by atoms with E-state index in [9.17, 15) is 22.8 Å². The van der Waals surface area contributed by atoms with Crippen molar-refractivity contribution in [1.29, 1.82) is 0 Å². The molecule has 1 aromatic carbocycles. The van der Waals surface area contributed by atoms with Crippen LogP contribution < -0.4 is 0 Å². The molecule has 2 aliphatic rings. The van der Waals surface area contributed by atoms with E-state index in [-0.39, 0.29) is 34.4 Å². The highest BCUT2D eigenvalue weighted by Crippen LogP contribution is 2.42. The Labute approximate surface area is 253 Å². The maximum Gasteiger partial charge on any atom is 0.435 e. The summed E-state index contributed by atoms with van der Waals surface area (Å²) in [4.78, 5) is 39.1. The zero-order valence-electron chi connectivity index (χ0n) is 25.4. The standard InChI is InChI=1S/C32H36F3N7O2/c1-20-15-21(5-6-23(20)30(44)41-13-11-40(12-14-41)29(43)22-7-8-31(2,3)17-22)16-25-28-37-18-26(42(28)10-9-36-25)24-19-39(4)38-27(24)32(33,34)35/h5-6,9-10,15,18-19,22H,7-8,11-14,16-17H2,1-4H3/t22-/m0/s1. The molecular weight excluding hydrogens is 571 g/mol. The minimum atomic E-state index is -4.61. The summed E-state index contributed by atoms with van der Waals surface area (Å²) in [6.45, 7) is 8.42. The van der Waals surface area contributed by atoms with Crippen LogP contribution in [0.4, 0.5) is 13.2 Å². The SMILES string of the molecule is Cc1cc(Cc2nccn3c(-c4cn(C)nc4C(F)(F)F)cnc23)ccc1C(=O)N1CCN(C(=O)[C@H]2CCC(C)(C)C2)CC1. The number of nitrogens with zero attached hydrogens (tertiary/aromatic N) is 7. The van der Waals surface area contributed by atoms with E-state index in [1.807, 2.05) is 34.9 Å². The smallest absolute Gasteiger partial charge is 0.339 e. The fourth-order valence-corrected chi connectivity index (χ4v) is 6.66. The van der Waals surface area contributed by atoms with Crippen LogP contribution in [0.2, 0.25) is 0 Å². The fraction of sp³-hybridized carbons (Fsp3) is 0.469. The van der Waals surface area contributed by atoms with Crippen LogP contribution in [0.15, 0.2) is 43.0 Å². The molecule has 232 valence electrons. The van der Waals surface area contributed by atoms with E-state index in [0.717, 1.165) is 35.1 Å². The van der Waals surface area contributed by atoms with Crippen molar-refractivity contribution in [2.75, 3.05) is 26.2 Å². The molecule has 0 spiro atoms. The van der Waals surface area contributed by atoms with Gasteiger partial charge in [-0.3, -0.25) is 23.7 Å². The van der Waals surface area contributed by atoms with Crippen LogP contribution in [0.25, 0.3) is 16.9 Å². The first-order valence-corrected chi connectivity index (χ1v) is 14.9. The van der Waals surface area contributed by atoms with Gasteiger partial charge in [-0.1, -0.05) is 26.0 Å². The van der Waals surface area contributed by atoms with Gasteiger partial charge in [-0.2, -0.15) is 18.3 Å². The number of rotatable bonds is 5. The van der Waals surface area contributed by atoms with Crippen molar-refractivity contribution in [3.8, 4) is 11.3 Å².